The van der Waals surface area contributed by atoms with Crippen LogP contribution in [0.25, 0.3) is 0 Å². The Morgan fingerprint density at radius 2 is 1.29 bits per heavy atom. The SMILES string of the molecule is CC1C(O)C2(OCC34C(=O)CC5C(CCC6Cc7nc8c(nc7CC65C)CC5CCC6C(CC(=O)C67CC6OC9(CCC(C)(C)O9)C(C)C6C7(C)O)C5(C)C8)C3CC(O)C4C2C)OC1(C)C. The lowest BCUT2D eigenvalue weighted by molar-refractivity contribution is -0.346. The molecule has 22 atom stereocenters. The molecule has 4 spiro atoms. The minimum absolute atomic E-state index is 0.00137. The van der Waals surface area contributed by atoms with Crippen molar-refractivity contribution in [3.8, 4) is 0 Å². The molecular formula is C55H78N2O9. The summed E-state index contributed by atoms with van der Waals surface area (Å²) in [5, 5.41) is 36.6. The number of aromatic nitrogens is 2. The lowest BCUT2D eigenvalue weighted by Crippen LogP contribution is -2.67. The van der Waals surface area contributed by atoms with Gasteiger partial charge in [0, 0.05) is 48.9 Å². The first kappa shape index (κ1) is 44.1. The molecule has 10 fully saturated rings. The summed E-state index contributed by atoms with van der Waals surface area (Å²) in [6, 6.07) is 0. The van der Waals surface area contributed by atoms with E-state index in [9.17, 15) is 20.1 Å². The molecule has 66 heavy (non-hydrogen) atoms. The summed E-state index contributed by atoms with van der Waals surface area (Å²) in [7, 11) is 0. The van der Waals surface area contributed by atoms with Crippen LogP contribution in [0.3, 0.4) is 0 Å². The van der Waals surface area contributed by atoms with E-state index in [0.29, 0.717) is 43.4 Å². The van der Waals surface area contributed by atoms with Gasteiger partial charge in [0.15, 0.2) is 11.6 Å². The Morgan fingerprint density at radius 1 is 0.652 bits per heavy atom. The summed E-state index contributed by atoms with van der Waals surface area (Å²) < 4.78 is 26.9. The molecule has 8 aliphatic carbocycles. The van der Waals surface area contributed by atoms with E-state index in [1.165, 1.54) is 0 Å². The monoisotopic (exact) mass is 911 g/mol. The number of ether oxygens (including phenoxy) is 4. The molecule has 22 unspecified atom stereocenters. The van der Waals surface area contributed by atoms with E-state index in [0.717, 1.165) is 87.0 Å². The van der Waals surface area contributed by atoms with E-state index >= 15 is 4.79 Å². The van der Waals surface area contributed by atoms with Gasteiger partial charge in [-0.2, -0.15) is 0 Å². The highest BCUT2D eigenvalue weighted by atomic mass is 16.7. The van der Waals surface area contributed by atoms with E-state index in [-0.39, 0.29) is 94.0 Å². The number of Topliss-reactive ketones (excluding diaryl/α,β-unsaturated/α-hetero) is 2. The van der Waals surface area contributed by atoms with Gasteiger partial charge >= 0.3 is 0 Å². The lowest BCUT2D eigenvalue weighted by atomic mass is 9.43. The maximum Gasteiger partial charge on any atom is 0.198 e. The molecule has 0 bridgehead atoms. The van der Waals surface area contributed by atoms with Gasteiger partial charge in [-0.15, -0.1) is 0 Å². The molecule has 1 aromatic rings. The summed E-state index contributed by atoms with van der Waals surface area (Å²) in [6.45, 7) is 21.6. The molecule has 362 valence electrons. The van der Waals surface area contributed by atoms with Crippen LogP contribution in [-0.4, -0.2) is 90.2 Å². The van der Waals surface area contributed by atoms with Crippen molar-refractivity contribution in [1.82, 2.24) is 9.97 Å². The zero-order valence-corrected chi connectivity index (χ0v) is 41.5. The number of ketones is 2. The smallest absolute Gasteiger partial charge is 0.198 e. The maximum atomic E-state index is 15.1. The second-order valence-electron chi connectivity index (χ2n) is 27.3. The van der Waals surface area contributed by atoms with E-state index in [1.54, 1.807) is 0 Å². The number of nitrogens with zero attached hydrogens (tertiary/aromatic N) is 2. The normalized spacial score (nSPS) is 57.8. The van der Waals surface area contributed by atoms with Crippen molar-refractivity contribution in [1.29, 1.82) is 0 Å². The van der Waals surface area contributed by atoms with E-state index in [4.69, 9.17) is 28.9 Å². The number of fused-ring (bicyclic) bond motifs is 11. The van der Waals surface area contributed by atoms with Crippen molar-refractivity contribution in [3.63, 3.8) is 0 Å². The van der Waals surface area contributed by atoms with Crippen LogP contribution in [-0.2, 0) is 54.2 Å². The summed E-state index contributed by atoms with van der Waals surface area (Å²) in [5.41, 5.74) is 0.689. The van der Waals surface area contributed by atoms with Gasteiger partial charge < -0.3 is 34.3 Å². The lowest BCUT2D eigenvalue weighted by Gasteiger charge is -2.62. The van der Waals surface area contributed by atoms with E-state index in [1.807, 2.05) is 34.6 Å². The third kappa shape index (κ3) is 5.02. The Labute approximate surface area is 392 Å². The van der Waals surface area contributed by atoms with Crippen LogP contribution in [0.2, 0.25) is 0 Å². The average Bonchev–Trinajstić information content (AvgIpc) is 4.00. The minimum Gasteiger partial charge on any atom is -0.393 e. The predicted molar refractivity (Wildman–Crippen MR) is 242 cm³/mol. The number of hydrogen-bond donors (Lipinski definition) is 3. The van der Waals surface area contributed by atoms with Crippen LogP contribution < -0.4 is 0 Å². The summed E-state index contributed by atoms with van der Waals surface area (Å²) in [5.74, 6) is -0.767. The van der Waals surface area contributed by atoms with Crippen LogP contribution in [0.4, 0.5) is 0 Å². The van der Waals surface area contributed by atoms with E-state index in [2.05, 4.69) is 34.6 Å². The Balaban J connectivity index is 0.759. The molecule has 13 rings (SSSR count). The molecule has 11 nitrogen and oxygen atoms in total. The first-order valence-electron chi connectivity index (χ1n) is 26.6. The van der Waals surface area contributed by atoms with Crippen LogP contribution in [0, 0.1) is 92.7 Å². The zero-order chi connectivity index (χ0) is 46.5. The van der Waals surface area contributed by atoms with Gasteiger partial charge in [-0.05, 0) is 158 Å². The van der Waals surface area contributed by atoms with Gasteiger partial charge in [0.1, 0.15) is 17.7 Å². The molecule has 0 aromatic carbocycles. The summed E-state index contributed by atoms with van der Waals surface area (Å²) >= 11 is 0. The maximum absolute atomic E-state index is 15.1. The molecule has 6 saturated carbocycles. The predicted octanol–water partition coefficient (Wildman–Crippen LogP) is 7.15. The molecule has 4 aliphatic heterocycles. The minimum atomic E-state index is -1.23. The number of aliphatic hydroxyl groups is 3. The van der Waals surface area contributed by atoms with Crippen LogP contribution in [0.1, 0.15) is 156 Å². The second-order valence-corrected chi connectivity index (χ2v) is 27.3. The highest BCUT2D eigenvalue weighted by Gasteiger charge is 2.79. The first-order chi connectivity index (χ1) is 30.9. The number of aliphatic hydroxyl groups excluding tert-OH is 2. The highest BCUT2D eigenvalue weighted by Crippen LogP contribution is 2.74. The average molecular weight is 911 g/mol. The Kier molecular flexibility index (Phi) is 8.79. The van der Waals surface area contributed by atoms with Gasteiger partial charge in [0.25, 0.3) is 0 Å². The molecule has 5 heterocycles. The summed E-state index contributed by atoms with van der Waals surface area (Å²) in [6.07, 6.45) is 9.70. The van der Waals surface area contributed by atoms with Gasteiger partial charge in [0.2, 0.25) is 0 Å². The van der Waals surface area contributed by atoms with Crippen molar-refractivity contribution in [2.45, 2.75) is 206 Å². The molecule has 4 saturated heterocycles. The van der Waals surface area contributed by atoms with E-state index < -0.39 is 45.8 Å². The molecule has 0 amide bonds. The molecule has 12 aliphatic rings. The van der Waals surface area contributed by atoms with Gasteiger partial charge in [-0.1, -0.05) is 34.6 Å². The molecular weight excluding hydrogens is 833 g/mol. The zero-order valence-electron chi connectivity index (χ0n) is 41.5. The second kappa shape index (κ2) is 13.2. The summed E-state index contributed by atoms with van der Waals surface area (Å²) in [4.78, 5) is 41.0. The van der Waals surface area contributed by atoms with Gasteiger partial charge in [-0.25, -0.2) is 0 Å². The number of carbonyl (C=O) groups excluding carboxylic acids is 2. The van der Waals surface area contributed by atoms with Crippen molar-refractivity contribution in [2.75, 3.05) is 6.61 Å². The molecule has 3 N–H and O–H groups in total. The molecule has 0 radical (unpaired) electrons. The Hall–Kier alpha value is -1.86. The number of rotatable bonds is 0. The standard InChI is InChI=1S/C55H78N2O9/c1-26-45-41(64-54(26)16-15-47(4,5)65-54)24-53(51(45,10)62)32-14-12-30-18-37-39(23-50(30,9)35(32)21-43(53)60)57-36-17-29-11-13-31-33(49(29,8)22-38(36)56-37)20-42(59)52-25-63-55(46(61)28(3)48(6,7)66-55)27(2)44(52)40(58)19-34(31)52/h26-35,40-41,44-46,58,61-62H,11-25H2,1-10H3. The Morgan fingerprint density at radius 3 is 1.89 bits per heavy atom. The van der Waals surface area contributed by atoms with Crippen LogP contribution in [0.15, 0.2) is 0 Å². The van der Waals surface area contributed by atoms with Crippen molar-refractivity contribution < 1.29 is 43.9 Å². The highest BCUT2D eigenvalue weighted by molar-refractivity contribution is 5.90. The third-order valence-corrected chi connectivity index (χ3v) is 24.3. The fourth-order valence-electron chi connectivity index (χ4n) is 20.7. The quantitative estimate of drug-likeness (QED) is 0.243. The van der Waals surface area contributed by atoms with Crippen LogP contribution in [0.5, 0.6) is 0 Å². The fourth-order valence-corrected chi connectivity index (χ4v) is 20.7. The number of carbonyl (C=O) groups is 2. The van der Waals surface area contributed by atoms with Crippen molar-refractivity contribution in [3.05, 3.63) is 22.8 Å². The Bertz CT molecular complexity index is 2310. The van der Waals surface area contributed by atoms with Crippen molar-refractivity contribution >= 4 is 11.6 Å². The first-order valence-corrected chi connectivity index (χ1v) is 26.6. The number of hydrogen-bond acceptors (Lipinski definition) is 11. The molecule has 11 heteroatoms. The van der Waals surface area contributed by atoms with Crippen molar-refractivity contribution in [2.24, 2.45) is 92.7 Å². The molecule has 1 aromatic heterocycles. The third-order valence-electron chi connectivity index (χ3n) is 24.3. The van der Waals surface area contributed by atoms with Gasteiger partial charge in [-0.3, -0.25) is 19.6 Å². The largest absolute Gasteiger partial charge is 0.393 e. The van der Waals surface area contributed by atoms with Gasteiger partial charge in [0.05, 0.1) is 69.2 Å². The van der Waals surface area contributed by atoms with Crippen LogP contribution >= 0.6 is 0 Å². The fraction of sp³-hybridized carbons (Fsp3) is 0.891. The topological polar surface area (TPSA) is 158 Å².